The average molecular weight is 410 g/mol. The molecule has 0 aliphatic carbocycles. The van der Waals surface area contributed by atoms with Crippen LogP contribution in [0, 0.1) is 0 Å². The number of ether oxygens (including phenoxy) is 1. The number of esters is 1. The van der Waals surface area contributed by atoms with Crippen molar-refractivity contribution >= 4 is 57.7 Å². The van der Waals surface area contributed by atoms with Crippen molar-refractivity contribution < 1.29 is 19.1 Å². The summed E-state index contributed by atoms with van der Waals surface area (Å²) in [5, 5.41) is 11.6. The van der Waals surface area contributed by atoms with Crippen molar-refractivity contribution in [2.24, 2.45) is 4.99 Å². The fourth-order valence-corrected chi connectivity index (χ4v) is 3.47. The maximum absolute atomic E-state index is 12.3. The molecule has 0 fully saturated rings. The van der Waals surface area contributed by atoms with Gasteiger partial charge in [0, 0.05) is 0 Å². The van der Waals surface area contributed by atoms with Gasteiger partial charge in [0.15, 0.2) is 0 Å². The zero-order valence-corrected chi connectivity index (χ0v) is 15.9. The molecule has 0 saturated carbocycles. The number of aliphatic imine (C=N–C) groups is 1. The Morgan fingerprint density at radius 1 is 1.35 bits per heavy atom. The molecule has 5 nitrogen and oxygen atoms in total. The van der Waals surface area contributed by atoms with Crippen LogP contribution >= 0.6 is 35.0 Å². The Balaban J connectivity index is 2.04. The summed E-state index contributed by atoms with van der Waals surface area (Å²) in [5.74, 6) is -0.319. The van der Waals surface area contributed by atoms with Crippen molar-refractivity contribution in [2.75, 3.05) is 6.61 Å². The molecular weight excluding hydrogens is 397 g/mol. The number of carbonyl (C=O) groups is 1. The van der Waals surface area contributed by atoms with Gasteiger partial charge in [-0.2, -0.15) is 0 Å². The second-order valence-electron chi connectivity index (χ2n) is 5.09. The van der Waals surface area contributed by atoms with Crippen LogP contribution in [0.1, 0.15) is 12.7 Å². The van der Waals surface area contributed by atoms with Crippen LogP contribution in [0.25, 0.3) is 6.08 Å². The van der Waals surface area contributed by atoms with Crippen LogP contribution in [0.2, 0.25) is 10.0 Å². The molecule has 2 heterocycles. The number of rotatable bonds is 4. The molecule has 1 aromatic carbocycles. The third-order valence-corrected chi connectivity index (χ3v) is 5.08. The van der Waals surface area contributed by atoms with E-state index in [9.17, 15) is 9.90 Å². The van der Waals surface area contributed by atoms with Gasteiger partial charge in [0.25, 0.3) is 0 Å². The zero-order valence-electron chi connectivity index (χ0n) is 13.5. The number of hydrogen-bond donors (Lipinski definition) is 1. The third-order valence-electron chi connectivity index (χ3n) is 3.32. The maximum Gasteiger partial charge on any atom is 0.344 e. The molecule has 0 bridgehead atoms. The van der Waals surface area contributed by atoms with E-state index in [1.807, 2.05) is 0 Å². The lowest BCUT2D eigenvalue weighted by atomic mass is 10.2. The summed E-state index contributed by atoms with van der Waals surface area (Å²) >= 11 is 13.1. The van der Waals surface area contributed by atoms with E-state index in [2.05, 4.69) is 4.99 Å². The van der Waals surface area contributed by atoms with Crippen LogP contribution in [0.15, 0.2) is 62.2 Å². The number of carbonyl (C=O) groups excluding carboxylic acids is 1. The van der Waals surface area contributed by atoms with Gasteiger partial charge in [-0.25, -0.2) is 9.79 Å². The topological polar surface area (TPSA) is 72.0 Å². The first-order valence-corrected chi connectivity index (χ1v) is 9.14. The Morgan fingerprint density at radius 2 is 2.15 bits per heavy atom. The van der Waals surface area contributed by atoms with E-state index in [1.165, 1.54) is 6.26 Å². The second kappa shape index (κ2) is 8.03. The summed E-state index contributed by atoms with van der Waals surface area (Å²) in [4.78, 5) is 17.1. The number of aliphatic hydroxyl groups excluding tert-OH is 1. The molecule has 0 spiro atoms. The van der Waals surface area contributed by atoms with Crippen molar-refractivity contribution in [3.05, 3.63) is 68.6 Å². The predicted molar refractivity (Wildman–Crippen MR) is 104 cm³/mol. The molecule has 26 heavy (non-hydrogen) atoms. The quantitative estimate of drug-likeness (QED) is 0.647. The molecule has 0 amide bonds. The van der Waals surface area contributed by atoms with Gasteiger partial charge in [-0.3, -0.25) is 0 Å². The number of halogens is 2. The van der Waals surface area contributed by atoms with E-state index in [4.69, 9.17) is 32.4 Å². The lowest BCUT2D eigenvalue weighted by molar-refractivity contribution is -0.138. The van der Waals surface area contributed by atoms with Gasteiger partial charge in [0.1, 0.15) is 22.1 Å². The molecule has 0 atom stereocenters. The highest BCUT2D eigenvalue weighted by Crippen LogP contribution is 2.40. The van der Waals surface area contributed by atoms with Crippen LogP contribution in [0.5, 0.6) is 0 Å². The minimum atomic E-state index is -0.654. The maximum atomic E-state index is 12.3. The molecule has 2 aromatic rings. The van der Waals surface area contributed by atoms with Crippen LogP contribution in [-0.4, -0.2) is 22.7 Å². The zero-order chi connectivity index (χ0) is 18.7. The number of hydrogen-bond acceptors (Lipinski definition) is 6. The molecule has 134 valence electrons. The van der Waals surface area contributed by atoms with Crippen molar-refractivity contribution in [3.8, 4) is 0 Å². The Hall–Kier alpha value is -2.15. The number of thioether (sulfide) groups is 1. The molecule has 1 aromatic heterocycles. The summed E-state index contributed by atoms with van der Waals surface area (Å²) < 4.78 is 10.3. The Kier molecular flexibility index (Phi) is 5.76. The van der Waals surface area contributed by atoms with Crippen molar-refractivity contribution in [3.63, 3.8) is 0 Å². The minimum absolute atomic E-state index is 0.000675. The van der Waals surface area contributed by atoms with Crippen molar-refractivity contribution in [1.29, 1.82) is 0 Å². The van der Waals surface area contributed by atoms with Crippen molar-refractivity contribution in [1.82, 2.24) is 0 Å². The van der Waals surface area contributed by atoms with Crippen LogP contribution in [0.4, 0.5) is 5.69 Å². The van der Waals surface area contributed by atoms with Gasteiger partial charge < -0.3 is 14.3 Å². The highest BCUT2D eigenvalue weighted by molar-refractivity contribution is 8.18. The molecule has 8 heteroatoms. The lowest BCUT2D eigenvalue weighted by Gasteiger charge is -2.04. The second-order valence-corrected chi connectivity index (χ2v) is 6.93. The highest BCUT2D eigenvalue weighted by Gasteiger charge is 2.33. The number of furan rings is 1. The van der Waals surface area contributed by atoms with Crippen LogP contribution in [0.3, 0.4) is 0 Å². The van der Waals surface area contributed by atoms with E-state index in [1.54, 1.807) is 43.3 Å². The first-order chi connectivity index (χ1) is 12.5. The Bertz CT molecular complexity index is 933. The third kappa shape index (κ3) is 3.98. The van der Waals surface area contributed by atoms with Gasteiger partial charge >= 0.3 is 5.97 Å². The summed E-state index contributed by atoms with van der Waals surface area (Å²) in [7, 11) is 0. The number of nitrogens with zero attached hydrogens (tertiary/aromatic N) is 1. The van der Waals surface area contributed by atoms with Crippen LogP contribution < -0.4 is 0 Å². The fourth-order valence-electron chi connectivity index (χ4n) is 2.17. The molecule has 1 aliphatic heterocycles. The van der Waals surface area contributed by atoms with E-state index >= 15 is 0 Å². The summed E-state index contributed by atoms with van der Waals surface area (Å²) in [6, 6.07) is 8.31. The van der Waals surface area contributed by atoms with E-state index in [-0.39, 0.29) is 17.9 Å². The van der Waals surface area contributed by atoms with Gasteiger partial charge in [0.2, 0.25) is 0 Å². The minimum Gasteiger partial charge on any atom is -0.506 e. The Labute approximate surface area is 164 Å². The van der Waals surface area contributed by atoms with Crippen LogP contribution in [-0.2, 0) is 9.53 Å². The summed E-state index contributed by atoms with van der Waals surface area (Å²) in [6.45, 7) is 1.87. The van der Waals surface area contributed by atoms with E-state index in [0.717, 1.165) is 11.8 Å². The normalized spacial score (nSPS) is 17.3. The SMILES string of the molecule is CCOC(=O)C1=C(O)C(=Cc2ccco2)SC1=Nc1ccc(Cl)c(Cl)c1. The lowest BCUT2D eigenvalue weighted by Crippen LogP contribution is -2.12. The molecular formula is C18H13Cl2NO4S. The Morgan fingerprint density at radius 3 is 2.81 bits per heavy atom. The monoisotopic (exact) mass is 409 g/mol. The van der Waals surface area contributed by atoms with Crippen molar-refractivity contribution in [2.45, 2.75) is 6.92 Å². The van der Waals surface area contributed by atoms with Gasteiger partial charge in [-0.05, 0) is 43.3 Å². The van der Waals surface area contributed by atoms with E-state index < -0.39 is 5.97 Å². The van der Waals surface area contributed by atoms with Gasteiger partial charge in [-0.15, -0.1) is 0 Å². The first-order valence-electron chi connectivity index (χ1n) is 7.57. The predicted octanol–water partition coefficient (Wildman–Crippen LogP) is 5.78. The summed E-state index contributed by atoms with van der Waals surface area (Å²) in [6.07, 6.45) is 3.14. The number of aliphatic hydroxyl groups is 1. The number of benzene rings is 1. The molecule has 0 radical (unpaired) electrons. The average Bonchev–Trinajstić information content (AvgIpc) is 3.20. The molecule has 1 aliphatic rings. The molecule has 0 saturated heterocycles. The summed E-state index contributed by atoms with van der Waals surface area (Å²) in [5.41, 5.74) is 0.497. The van der Waals surface area contributed by atoms with E-state index in [0.29, 0.717) is 31.4 Å². The van der Waals surface area contributed by atoms with Gasteiger partial charge in [0.05, 0.1) is 33.5 Å². The van der Waals surface area contributed by atoms with Gasteiger partial charge in [-0.1, -0.05) is 35.0 Å². The standard InChI is InChI=1S/C18H13Cl2NO4S/c1-2-24-18(23)15-16(22)14(9-11-4-3-7-25-11)26-17(15)21-10-5-6-12(19)13(20)8-10/h3-9,22H,2H2,1H3. The molecule has 1 N–H and O–H groups in total. The highest BCUT2D eigenvalue weighted by atomic mass is 35.5. The molecule has 3 rings (SSSR count). The smallest absolute Gasteiger partial charge is 0.344 e. The largest absolute Gasteiger partial charge is 0.506 e. The fraction of sp³-hybridized carbons (Fsp3) is 0.111. The first kappa shape index (κ1) is 18.6. The molecule has 0 unspecified atom stereocenters.